The smallest absolute Gasteiger partial charge is 0.228 e. The Morgan fingerprint density at radius 3 is 2.60 bits per heavy atom. The van der Waals surface area contributed by atoms with Crippen LogP contribution < -0.4 is 10.6 Å². The summed E-state index contributed by atoms with van der Waals surface area (Å²) in [6, 6.07) is 0.342. The van der Waals surface area contributed by atoms with Gasteiger partial charge in [0, 0.05) is 13.2 Å². The van der Waals surface area contributed by atoms with E-state index < -0.39 is 0 Å². The predicted molar refractivity (Wildman–Crippen MR) is 80.6 cm³/mol. The quantitative estimate of drug-likeness (QED) is 0.830. The number of carbonyl (C=O) groups excluding carboxylic acids is 1. The lowest BCUT2D eigenvalue weighted by Crippen LogP contribution is -2.53. The van der Waals surface area contributed by atoms with Crippen molar-refractivity contribution in [1.82, 2.24) is 10.6 Å². The average molecular weight is 282 g/mol. The number of carbonyl (C=O) groups is 1. The molecule has 4 nitrogen and oxygen atoms in total. The van der Waals surface area contributed by atoms with Crippen molar-refractivity contribution < 1.29 is 9.53 Å². The highest BCUT2D eigenvalue weighted by Gasteiger charge is 2.41. The van der Waals surface area contributed by atoms with E-state index in [1.165, 1.54) is 12.8 Å². The molecular weight excluding hydrogens is 252 g/mol. The number of hydrogen-bond donors (Lipinski definition) is 2. The Morgan fingerprint density at radius 1 is 1.30 bits per heavy atom. The van der Waals surface area contributed by atoms with E-state index in [1.807, 2.05) is 0 Å². The molecule has 1 saturated carbocycles. The minimum atomic E-state index is -0.318. The fraction of sp³-hybridized carbons (Fsp3) is 0.938. The molecule has 0 aromatic carbocycles. The topological polar surface area (TPSA) is 50.4 Å². The number of hydrogen-bond acceptors (Lipinski definition) is 3. The number of rotatable bonds is 4. The Balaban J connectivity index is 1.97. The summed E-state index contributed by atoms with van der Waals surface area (Å²) in [5.74, 6) is 0.212. The van der Waals surface area contributed by atoms with Crippen LogP contribution in [0.25, 0.3) is 0 Å². The number of amides is 1. The van der Waals surface area contributed by atoms with Crippen LogP contribution in [-0.2, 0) is 9.53 Å². The van der Waals surface area contributed by atoms with Crippen LogP contribution in [0.15, 0.2) is 0 Å². The van der Waals surface area contributed by atoms with Crippen LogP contribution in [0.2, 0.25) is 0 Å². The maximum Gasteiger partial charge on any atom is 0.228 e. The van der Waals surface area contributed by atoms with E-state index in [0.717, 1.165) is 38.8 Å². The van der Waals surface area contributed by atoms with Crippen molar-refractivity contribution in [3.05, 3.63) is 0 Å². The van der Waals surface area contributed by atoms with Gasteiger partial charge >= 0.3 is 0 Å². The zero-order valence-corrected chi connectivity index (χ0v) is 13.3. The molecule has 0 spiro atoms. The van der Waals surface area contributed by atoms with Gasteiger partial charge in [0.05, 0.1) is 12.0 Å². The molecule has 1 saturated heterocycles. The number of ether oxygens (including phenoxy) is 1. The highest BCUT2D eigenvalue weighted by molar-refractivity contribution is 5.83. The summed E-state index contributed by atoms with van der Waals surface area (Å²) in [6.45, 7) is 6.97. The molecular formula is C16H30N2O2. The van der Waals surface area contributed by atoms with Gasteiger partial charge in [0.2, 0.25) is 5.91 Å². The molecule has 0 aromatic heterocycles. The van der Waals surface area contributed by atoms with Crippen molar-refractivity contribution >= 4 is 5.91 Å². The molecule has 1 aliphatic carbocycles. The minimum absolute atomic E-state index is 0.212. The van der Waals surface area contributed by atoms with Crippen molar-refractivity contribution in [3.8, 4) is 0 Å². The molecule has 0 bridgehead atoms. The minimum Gasteiger partial charge on any atom is -0.384 e. The first-order valence-electron chi connectivity index (χ1n) is 7.98. The van der Waals surface area contributed by atoms with Gasteiger partial charge in [0.1, 0.15) is 0 Å². The van der Waals surface area contributed by atoms with Gasteiger partial charge in [-0.15, -0.1) is 0 Å². The van der Waals surface area contributed by atoms with Gasteiger partial charge in [-0.05, 0) is 50.6 Å². The van der Waals surface area contributed by atoms with E-state index in [1.54, 1.807) is 7.11 Å². The SMILES string of the molecule is COCC1(C(=O)NC2CCCC(C)(C)C2)CCNCC1. The highest BCUT2D eigenvalue weighted by Crippen LogP contribution is 2.36. The zero-order valence-electron chi connectivity index (χ0n) is 13.3. The molecule has 0 radical (unpaired) electrons. The van der Waals surface area contributed by atoms with Crippen molar-refractivity contribution in [2.75, 3.05) is 26.8 Å². The van der Waals surface area contributed by atoms with E-state index >= 15 is 0 Å². The van der Waals surface area contributed by atoms with Crippen LogP contribution in [0.5, 0.6) is 0 Å². The summed E-state index contributed by atoms with van der Waals surface area (Å²) in [6.07, 6.45) is 6.46. The van der Waals surface area contributed by atoms with Gasteiger partial charge < -0.3 is 15.4 Å². The van der Waals surface area contributed by atoms with Gasteiger partial charge in [0.15, 0.2) is 0 Å². The fourth-order valence-corrected chi connectivity index (χ4v) is 3.78. The summed E-state index contributed by atoms with van der Waals surface area (Å²) in [5.41, 5.74) is 0.0420. The number of nitrogens with one attached hydrogen (secondary N) is 2. The van der Waals surface area contributed by atoms with Crippen molar-refractivity contribution in [2.24, 2.45) is 10.8 Å². The number of piperidine rings is 1. The molecule has 1 aliphatic heterocycles. The van der Waals surface area contributed by atoms with Gasteiger partial charge in [-0.2, -0.15) is 0 Å². The second-order valence-corrected chi connectivity index (χ2v) is 7.39. The summed E-state index contributed by atoms with van der Waals surface area (Å²) in [7, 11) is 1.70. The molecule has 116 valence electrons. The first-order valence-corrected chi connectivity index (χ1v) is 7.98. The van der Waals surface area contributed by atoms with Crippen LogP contribution in [-0.4, -0.2) is 38.8 Å². The lowest BCUT2D eigenvalue weighted by molar-refractivity contribution is -0.137. The van der Waals surface area contributed by atoms with E-state index in [0.29, 0.717) is 18.1 Å². The van der Waals surface area contributed by atoms with E-state index in [-0.39, 0.29) is 11.3 Å². The van der Waals surface area contributed by atoms with Crippen molar-refractivity contribution in [2.45, 2.75) is 58.4 Å². The first-order chi connectivity index (χ1) is 9.47. The standard InChI is InChI=1S/C16H30N2O2/c1-15(2)6-4-5-13(11-15)18-14(19)16(12-20-3)7-9-17-10-8-16/h13,17H,4-12H2,1-3H3,(H,18,19). The Morgan fingerprint density at radius 2 is 2.00 bits per heavy atom. The van der Waals surface area contributed by atoms with Crippen LogP contribution in [0.4, 0.5) is 0 Å². The van der Waals surface area contributed by atoms with Gasteiger partial charge in [-0.25, -0.2) is 0 Å². The molecule has 1 unspecified atom stereocenters. The Bertz CT molecular complexity index is 330. The van der Waals surface area contributed by atoms with Crippen LogP contribution >= 0.6 is 0 Å². The van der Waals surface area contributed by atoms with E-state index in [9.17, 15) is 4.79 Å². The molecule has 1 amide bonds. The first kappa shape index (κ1) is 15.8. The van der Waals surface area contributed by atoms with Gasteiger partial charge in [0.25, 0.3) is 0 Å². The monoisotopic (exact) mass is 282 g/mol. The molecule has 1 atom stereocenters. The molecule has 4 heteroatoms. The second kappa shape index (κ2) is 6.44. The fourth-order valence-electron chi connectivity index (χ4n) is 3.78. The third kappa shape index (κ3) is 3.73. The lowest BCUT2D eigenvalue weighted by Gasteiger charge is -2.40. The summed E-state index contributed by atoms with van der Waals surface area (Å²) in [4.78, 5) is 12.8. The third-order valence-corrected chi connectivity index (χ3v) is 5.00. The molecule has 2 aliphatic rings. The highest BCUT2D eigenvalue weighted by atomic mass is 16.5. The van der Waals surface area contributed by atoms with Crippen molar-refractivity contribution in [3.63, 3.8) is 0 Å². The summed E-state index contributed by atoms with van der Waals surface area (Å²) < 4.78 is 5.35. The van der Waals surface area contributed by atoms with Crippen LogP contribution in [0, 0.1) is 10.8 Å². The van der Waals surface area contributed by atoms with Gasteiger partial charge in [-0.1, -0.05) is 20.3 Å². The largest absolute Gasteiger partial charge is 0.384 e. The normalized spacial score (nSPS) is 28.9. The molecule has 2 N–H and O–H groups in total. The van der Waals surface area contributed by atoms with E-state index in [2.05, 4.69) is 24.5 Å². The van der Waals surface area contributed by atoms with Crippen molar-refractivity contribution in [1.29, 1.82) is 0 Å². The molecule has 2 fully saturated rings. The summed E-state index contributed by atoms with van der Waals surface area (Å²) in [5, 5.41) is 6.66. The Labute approximate surface area is 123 Å². The zero-order chi connectivity index (χ0) is 14.6. The summed E-state index contributed by atoms with van der Waals surface area (Å²) >= 11 is 0. The molecule has 20 heavy (non-hydrogen) atoms. The Hall–Kier alpha value is -0.610. The number of methoxy groups -OCH3 is 1. The maximum absolute atomic E-state index is 12.8. The third-order valence-electron chi connectivity index (χ3n) is 5.00. The van der Waals surface area contributed by atoms with Crippen LogP contribution in [0.3, 0.4) is 0 Å². The van der Waals surface area contributed by atoms with Gasteiger partial charge in [-0.3, -0.25) is 4.79 Å². The maximum atomic E-state index is 12.8. The lowest BCUT2D eigenvalue weighted by atomic mass is 9.74. The van der Waals surface area contributed by atoms with Crippen LogP contribution in [0.1, 0.15) is 52.4 Å². The second-order valence-electron chi connectivity index (χ2n) is 7.39. The molecule has 1 heterocycles. The molecule has 2 rings (SSSR count). The Kier molecular flexibility index (Phi) is 5.08. The van der Waals surface area contributed by atoms with E-state index in [4.69, 9.17) is 4.74 Å². The molecule has 0 aromatic rings. The average Bonchev–Trinajstić information content (AvgIpc) is 2.39. The predicted octanol–water partition coefficient (Wildman–Crippen LogP) is 2.09.